The van der Waals surface area contributed by atoms with E-state index < -0.39 is 6.10 Å². The van der Waals surface area contributed by atoms with Crippen molar-refractivity contribution < 1.29 is 5.11 Å². The fraction of sp³-hybridized carbons (Fsp3) is 0.143. The van der Waals surface area contributed by atoms with Crippen LogP contribution in [0.15, 0.2) is 54.6 Å². The molecule has 0 amide bonds. The van der Waals surface area contributed by atoms with Gasteiger partial charge in [-0.05, 0) is 23.3 Å². The second-order valence-corrected chi connectivity index (χ2v) is 3.87. The molecule has 0 aliphatic heterocycles. The molecule has 0 spiro atoms. The zero-order chi connectivity index (χ0) is 11.4. The van der Waals surface area contributed by atoms with Crippen LogP contribution in [-0.4, -0.2) is 5.11 Å². The Morgan fingerprint density at radius 3 is 2.19 bits per heavy atom. The number of aliphatic hydroxyl groups is 1. The van der Waals surface area contributed by atoms with E-state index in [1.807, 2.05) is 54.6 Å². The molecule has 0 bridgehead atoms. The summed E-state index contributed by atoms with van der Waals surface area (Å²) in [6.45, 7) is 0. The van der Waals surface area contributed by atoms with Gasteiger partial charge in [0.1, 0.15) is 0 Å². The normalized spacial score (nSPS) is 12.3. The second kappa shape index (κ2) is 4.81. The number of nitrogen functional groups attached to an aromatic ring is 1. The van der Waals surface area contributed by atoms with Crippen LogP contribution in [-0.2, 0) is 6.42 Å². The van der Waals surface area contributed by atoms with Gasteiger partial charge in [-0.25, -0.2) is 0 Å². The van der Waals surface area contributed by atoms with Gasteiger partial charge in [-0.1, -0.05) is 42.5 Å². The molecular formula is C14H15NO. The summed E-state index contributed by atoms with van der Waals surface area (Å²) in [7, 11) is 0. The molecule has 3 N–H and O–H groups in total. The predicted octanol–water partition coefficient (Wildman–Crippen LogP) is 2.54. The Hall–Kier alpha value is -1.80. The van der Waals surface area contributed by atoms with Crippen LogP contribution in [0.25, 0.3) is 0 Å². The van der Waals surface area contributed by atoms with Crippen molar-refractivity contribution in [3.05, 3.63) is 65.7 Å². The third-order valence-electron chi connectivity index (χ3n) is 2.59. The minimum absolute atomic E-state index is 0.469. The Morgan fingerprint density at radius 1 is 0.938 bits per heavy atom. The monoisotopic (exact) mass is 213 g/mol. The Labute approximate surface area is 95.4 Å². The van der Waals surface area contributed by atoms with E-state index in [0.29, 0.717) is 6.42 Å². The van der Waals surface area contributed by atoms with E-state index >= 15 is 0 Å². The number of nitrogens with two attached hydrogens (primary N) is 1. The van der Waals surface area contributed by atoms with Crippen LogP contribution in [0.1, 0.15) is 17.2 Å². The molecular weight excluding hydrogens is 198 g/mol. The summed E-state index contributed by atoms with van der Waals surface area (Å²) >= 11 is 0. The van der Waals surface area contributed by atoms with E-state index in [4.69, 9.17) is 5.73 Å². The molecule has 0 saturated heterocycles. The summed E-state index contributed by atoms with van der Waals surface area (Å²) in [6.07, 6.45) is 0.160. The number of rotatable bonds is 3. The third-order valence-corrected chi connectivity index (χ3v) is 2.59. The Morgan fingerprint density at radius 2 is 1.56 bits per heavy atom. The van der Waals surface area contributed by atoms with Gasteiger partial charge in [0.2, 0.25) is 0 Å². The first kappa shape index (κ1) is 10.7. The lowest BCUT2D eigenvalue weighted by Gasteiger charge is -2.11. The van der Waals surface area contributed by atoms with E-state index in [2.05, 4.69) is 0 Å². The Bertz CT molecular complexity index is 436. The van der Waals surface area contributed by atoms with E-state index in [0.717, 1.165) is 16.8 Å². The van der Waals surface area contributed by atoms with Gasteiger partial charge in [-0.15, -0.1) is 0 Å². The minimum atomic E-state index is -0.469. The lowest BCUT2D eigenvalue weighted by Crippen LogP contribution is -2.01. The van der Waals surface area contributed by atoms with Crippen LogP contribution in [0.3, 0.4) is 0 Å². The first-order chi connectivity index (χ1) is 7.75. The number of hydrogen-bond acceptors (Lipinski definition) is 2. The van der Waals surface area contributed by atoms with Crippen molar-refractivity contribution in [1.29, 1.82) is 0 Å². The van der Waals surface area contributed by atoms with Crippen molar-refractivity contribution in [2.45, 2.75) is 12.5 Å². The average molecular weight is 213 g/mol. The molecule has 2 heteroatoms. The quantitative estimate of drug-likeness (QED) is 0.770. The van der Waals surface area contributed by atoms with Gasteiger partial charge in [0.05, 0.1) is 6.10 Å². The molecule has 2 nitrogen and oxygen atoms in total. The SMILES string of the molecule is Nc1ccc(C(O)Cc2ccccc2)cc1. The largest absolute Gasteiger partial charge is 0.399 e. The molecule has 16 heavy (non-hydrogen) atoms. The van der Waals surface area contributed by atoms with E-state index in [-0.39, 0.29) is 0 Å². The lowest BCUT2D eigenvalue weighted by atomic mass is 10.0. The molecule has 0 aliphatic carbocycles. The van der Waals surface area contributed by atoms with Crippen LogP contribution in [0.5, 0.6) is 0 Å². The maximum Gasteiger partial charge on any atom is 0.0830 e. The number of aliphatic hydroxyl groups excluding tert-OH is 1. The van der Waals surface area contributed by atoms with Crippen LogP contribution < -0.4 is 5.73 Å². The zero-order valence-corrected chi connectivity index (χ0v) is 9.01. The number of hydrogen-bond donors (Lipinski definition) is 2. The lowest BCUT2D eigenvalue weighted by molar-refractivity contribution is 0.178. The molecule has 2 aromatic carbocycles. The molecule has 0 radical (unpaired) electrons. The fourth-order valence-corrected chi connectivity index (χ4v) is 1.67. The fourth-order valence-electron chi connectivity index (χ4n) is 1.67. The minimum Gasteiger partial charge on any atom is -0.399 e. The number of anilines is 1. The molecule has 0 fully saturated rings. The maximum absolute atomic E-state index is 10.0. The maximum atomic E-state index is 10.0. The average Bonchev–Trinajstić information content (AvgIpc) is 2.31. The Kier molecular flexibility index (Phi) is 3.22. The predicted molar refractivity (Wildman–Crippen MR) is 66.0 cm³/mol. The van der Waals surface area contributed by atoms with Gasteiger partial charge in [-0.2, -0.15) is 0 Å². The number of benzene rings is 2. The molecule has 2 rings (SSSR count). The highest BCUT2D eigenvalue weighted by atomic mass is 16.3. The highest BCUT2D eigenvalue weighted by Crippen LogP contribution is 2.19. The summed E-state index contributed by atoms with van der Waals surface area (Å²) in [6, 6.07) is 17.3. The molecule has 0 aliphatic rings. The van der Waals surface area contributed by atoms with Crippen molar-refractivity contribution >= 4 is 5.69 Å². The molecule has 0 saturated carbocycles. The van der Waals surface area contributed by atoms with Crippen molar-refractivity contribution in [1.82, 2.24) is 0 Å². The smallest absolute Gasteiger partial charge is 0.0830 e. The summed E-state index contributed by atoms with van der Waals surface area (Å²) in [5.41, 5.74) is 8.35. The van der Waals surface area contributed by atoms with Crippen molar-refractivity contribution in [3.8, 4) is 0 Å². The van der Waals surface area contributed by atoms with Gasteiger partial charge in [0.25, 0.3) is 0 Å². The first-order valence-electron chi connectivity index (χ1n) is 5.33. The van der Waals surface area contributed by atoms with E-state index in [1.54, 1.807) is 0 Å². The van der Waals surface area contributed by atoms with Gasteiger partial charge in [-0.3, -0.25) is 0 Å². The van der Waals surface area contributed by atoms with Gasteiger partial charge < -0.3 is 10.8 Å². The van der Waals surface area contributed by atoms with Crippen molar-refractivity contribution in [2.24, 2.45) is 0 Å². The van der Waals surface area contributed by atoms with Crippen LogP contribution >= 0.6 is 0 Å². The third kappa shape index (κ3) is 2.61. The molecule has 2 aromatic rings. The van der Waals surface area contributed by atoms with Crippen LogP contribution in [0.4, 0.5) is 5.69 Å². The zero-order valence-electron chi connectivity index (χ0n) is 9.01. The van der Waals surface area contributed by atoms with Crippen LogP contribution in [0.2, 0.25) is 0 Å². The summed E-state index contributed by atoms with van der Waals surface area (Å²) in [5.74, 6) is 0. The highest BCUT2D eigenvalue weighted by molar-refractivity contribution is 5.40. The molecule has 0 heterocycles. The van der Waals surface area contributed by atoms with Crippen molar-refractivity contribution in [2.75, 3.05) is 5.73 Å². The van der Waals surface area contributed by atoms with Gasteiger partial charge in [0, 0.05) is 12.1 Å². The highest BCUT2D eigenvalue weighted by Gasteiger charge is 2.07. The first-order valence-corrected chi connectivity index (χ1v) is 5.33. The molecule has 0 aromatic heterocycles. The van der Waals surface area contributed by atoms with Crippen LogP contribution in [0, 0.1) is 0 Å². The topological polar surface area (TPSA) is 46.2 Å². The van der Waals surface area contributed by atoms with E-state index in [1.165, 1.54) is 0 Å². The molecule has 82 valence electrons. The standard InChI is InChI=1S/C14H15NO/c15-13-8-6-12(7-9-13)14(16)10-11-4-2-1-3-5-11/h1-9,14,16H,10,15H2. The van der Waals surface area contributed by atoms with Crippen molar-refractivity contribution in [3.63, 3.8) is 0 Å². The van der Waals surface area contributed by atoms with E-state index in [9.17, 15) is 5.11 Å². The Balaban J connectivity index is 2.09. The molecule has 1 unspecified atom stereocenters. The summed E-state index contributed by atoms with van der Waals surface area (Å²) in [5, 5.41) is 10.0. The molecule has 1 atom stereocenters. The van der Waals surface area contributed by atoms with Gasteiger partial charge in [0.15, 0.2) is 0 Å². The second-order valence-electron chi connectivity index (χ2n) is 3.87. The summed E-state index contributed by atoms with van der Waals surface area (Å²) < 4.78 is 0. The summed E-state index contributed by atoms with van der Waals surface area (Å²) in [4.78, 5) is 0. The van der Waals surface area contributed by atoms with Gasteiger partial charge >= 0.3 is 0 Å².